The third-order valence-corrected chi connectivity index (χ3v) is 6.11. The van der Waals surface area contributed by atoms with Crippen LogP contribution >= 0.6 is 0 Å². The van der Waals surface area contributed by atoms with E-state index in [2.05, 4.69) is 90.4 Å². The molecule has 4 nitrogen and oxygen atoms in total. The van der Waals surface area contributed by atoms with Gasteiger partial charge in [0.05, 0.1) is 0 Å². The van der Waals surface area contributed by atoms with Gasteiger partial charge in [-0.05, 0) is 80.6 Å². The van der Waals surface area contributed by atoms with Crippen LogP contribution in [0.4, 0.5) is 34.1 Å². The minimum absolute atomic E-state index is 0.210. The van der Waals surface area contributed by atoms with Crippen molar-refractivity contribution in [3.05, 3.63) is 132 Å². The number of benzene rings is 5. The summed E-state index contributed by atoms with van der Waals surface area (Å²) in [6, 6.07) is 39.5. The number of hydrogen-bond donors (Lipinski definition) is 2. The third-order valence-electron chi connectivity index (χ3n) is 6.11. The lowest BCUT2D eigenvalue weighted by atomic mass is 10.1. The molecule has 0 spiro atoms. The molecule has 0 bridgehead atoms. The summed E-state index contributed by atoms with van der Waals surface area (Å²) < 4.78 is 0. The van der Waals surface area contributed by atoms with Gasteiger partial charge in [-0.3, -0.25) is 0 Å². The zero-order valence-corrected chi connectivity index (χ0v) is 20.3. The predicted molar refractivity (Wildman–Crippen MR) is 149 cm³/mol. The van der Waals surface area contributed by atoms with Gasteiger partial charge in [-0.15, -0.1) is 0 Å². The fourth-order valence-corrected chi connectivity index (χ4v) is 4.32. The first-order valence-corrected chi connectivity index (χ1v) is 11.9. The summed E-state index contributed by atoms with van der Waals surface area (Å²) in [5, 5.41) is 20.5. The Morgan fingerprint density at radius 2 is 0.722 bits per heavy atom. The molecule has 0 aliphatic carbocycles. The van der Waals surface area contributed by atoms with E-state index in [9.17, 15) is 10.2 Å². The highest BCUT2D eigenvalue weighted by molar-refractivity contribution is 5.83. The van der Waals surface area contributed by atoms with Crippen molar-refractivity contribution in [1.82, 2.24) is 0 Å². The summed E-state index contributed by atoms with van der Waals surface area (Å²) in [5.41, 5.74) is 7.93. The first-order valence-electron chi connectivity index (χ1n) is 11.9. The maximum absolute atomic E-state index is 10.2. The number of hydrogen-bond acceptors (Lipinski definition) is 4. The molecular weight excluding hydrogens is 444 g/mol. The number of rotatable bonds is 6. The summed E-state index contributed by atoms with van der Waals surface area (Å²) in [6.45, 7) is 4.13. The van der Waals surface area contributed by atoms with Crippen molar-refractivity contribution in [2.75, 3.05) is 9.80 Å². The Bertz CT molecular complexity index is 1370. The number of phenols is 2. The molecule has 0 amide bonds. The Hall–Kier alpha value is -4.70. The van der Waals surface area contributed by atoms with E-state index in [0.717, 1.165) is 34.1 Å². The van der Waals surface area contributed by atoms with Crippen molar-refractivity contribution in [3.63, 3.8) is 0 Å². The lowest BCUT2D eigenvalue weighted by Gasteiger charge is -2.29. The molecule has 0 atom stereocenters. The lowest BCUT2D eigenvalue weighted by molar-refractivity contribution is 0.475. The standard InChI is InChI=1S/C32H28N2O2/c1-23-12-16-25(17-13-23)33(29-8-4-10-31(35)21-29)27-6-3-7-28(20-27)34(26-18-14-24(2)15-19-26)30-9-5-11-32(36)22-30/h3-22,35-36H,1-2H3. The summed E-state index contributed by atoms with van der Waals surface area (Å²) in [7, 11) is 0. The topological polar surface area (TPSA) is 46.9 Å². The average Bonchev–Trinajstić information content (AvgIpc) is 2.87. The van der Waals surface area contributed by atoms with E-state index >= 15 is 0 Å². The monoisotopic (exact) mass is 472 g/mol. The zero-order chi connectivity index (χ0) is 25.1. The van der Waals surface area contributed by atoms with Crippen LogP contribution in [0.3, 0.4) is 0 Å². The Labute approximate surface area is 211 Å². The van der Waals surface area contributed by atoms with Crippen LogP contribution < -0.4 is 9.80 Å². The molecule has 0 fully saturated rings. The second kappa shape index (κ2) is 9.88. The molecule has 178 valence electrons. The van der Waals surface area contributed by atoms with Crippen LogP contribution in [-0.2, 0) is 0 Å². The van der Waals surface area contributed by atoms with Crippen LogP contribution in [0.2, 0.25) is 0 Å². The molecule has 0 saturated carbocycles. The number of aromatic hydroxyl groups is 2. The van der Waals surface area contributed by atoms with E-state index in [1.54, 1.807) is 24.3 Å². The van der Waals surface area contributed by atoms with Crippen molar-refractivity contribution in [3.8, 4) is 11.5 Å². The quantitative estimate of drug-likeness (QED) is 0.260. The SMILES string of the molecule is Cc1ccc(N(c2cccc(O)c2)c2cccc(N(c3ccc(C)cc3)c3cccc(O)c3)c2)cc1. The molecule has 0 aromatic heterocycles. The number of aryl methyl sites for hydroxylation is 2. The van der Waals surface area contributed by atoms with E-state index in [-0.39, 0.29) is 11.5 Å². The van der Waals surface area contributed by atoms with Gasteiger partial charge in [0.25, 0.3) is 0 Å². The largest absolute Gasteiger partial charge is 0.508 e. The molecule has 4 heteroatoms. The van der Waals surface area contributed by atoms with Gasteiger partial charge in [-0.1, -0.05) is 53.6 Å². The van der Waals surface area contributed by atoms with Crippen molar-refractivity contribution >= 4 is 34.1 Å². The van der Waals surface area contributed by atoms with Crippen molar-refractivity contribution in [2.45, 2.75) is 13.8 Å². The lowest BCUT2D eigenvalue weighted by Crippen LogP contribution is -2.13. The molecule has 5 rings (SSSR count). The number of phenolic OH excluding ortho intramolecular Hbond substituents is 2. The second-order valence-corrected chi connectivity index (χ2v) is 8.90. The molecule has 0 aliphatic heterocycles. The van der Waals surface area contributed by atoms with Crippen LogP contribution in [0.1, 0.15) is 11.1 Å². The fourth-order valence-electron chi connectivity index (χ4n) is 4.32. The van der Waals surface area contributed by atoms with Gasteiger partial charge in [0.2, 0.25) is 0 Å². The van der Waals surface area contributed by atoms with Gasteiger partial charge >= 0.3 is 0 Å². The molecule has 0 saturated heterocycles. The Morgan fingerprint density at radius 1 is 0.389 bits per heavy atom. The minimum Gasteiger partial charge on any atom is -0.508 e. The highest BCUT2D eigenvalue weighted by Gasteiger charge is 2.17. The first-order chi connectivity index (χ1) is 17.5. The normalized spacial score (nSPS) is 10.7. The average molecular weight is 473 g/mol. The number of anilines is 6. The van der Waals surface area contributed by atoms with E-state index in [4.69, 9.17) is 0 Å². The van der Waals surface area contributed by atoms with Crippen molar-refractivity contribution in [1.29, 1.82) is 0 Å². The maximum atomic E-state index is 10.2. The summed E-state index contributed by atoms with van der Waals surface area (Å²) in [4.78, 5) is 4.25. The van der Waals surface area contributed by atoms with Crippen LogP contribution in [-0.4, -0.2) is 10.2 Å². The Morgan fingerprint density at radius 3 is 1.08 bits per heavy atom. The zero-order valence-electron chi connectivity index (χ0n) is 20.3. The van der Waals surface area contributed by atoms with Gasteiger partial charge in [0.15, 0.2) is 0 Å². The molecule has 5 aromatic carbocycles. The predicted octanol–water partition coefficient (Wildman–Crippen LogP) is 8.65. The van der Waals surface area contributed by atoms with E-state index < -0.39 is 0 Å². The van der Waals surface area contributed by atoms with Gasteiger partial charge in [0, 0.05) is 46.3 Å². The van der Waals surface area contributed by atoms with Crippen molar-refractivity contribution in [2.24, 2.45) is 0 Å². The van der Waals surface area contributed by atoms with Crippen LogP contribution in [0, 0.1) is 13.8 Å². The van der Waals surface area contributed by atoms with Gasteiger partial charge in [-0.2, -0.15) is 0 Å². The molecule has 2 N–H and O–H groups in total. The Balaban J connectivity index is 1.67. The molecule has 0 radical (unpaired) electrons. The Kier molecular flexibility index (Phi) is 6.33. The molecule has 0 unspecified atom stereocenters. The van der Waals surface area contributed by atoms with Gasteiger partial charge < -0.3 is 20.0 Å². The fraction of sp³-hybridized carbons (Fsp3) is 0.0625. The van der Waals surface area contributed by atoms with Crippen LogP contribution in [0.15, 0.2) is 121 Å². The molecule has 5 aromatic rings. The maximum Gasteiger partial charge on any atom is 0.117 e. The van der Waals surface area contributed by atoms with E-state index in [1.165, 1.54) is 11.1 Å². The second-order valence-electron chi connectivity index (χ2n) is 8.90. The van der Waals surface area contributed by atoms with Crippen LogP contribution in [0.5, 0.6) is 11.5 Å². The molecule has 36 heavy (non-hydrogen) atoms. The first kappa shape index (κ1) is 23.1. The van der Waals surface area contributed by atoms with Gasteiger partial charge in [0.1, 0.15) is 11.5 Å². The number of nitrogens with zero attached hydrogens (tertiary/aromatic N) is 2. The summed E-state index contributed by atoms with van der Waals surface area (Å²) >= 11 is 0. The minimum atomic E-state index is 0.210. The van der Waals surface area contributed by atoms with Crippen LogP contribution in [0.25, 0.3) is 0 Å². The molecular formula is C32H28N2O2. The summed E-state index contributed by atoms with van der Waals surface area (Å²) in [5.74, 6) is 0.420. The molecule has 0 aliphatic rings. The highest BCUT2D eigenvalue weighted by atomic mass is 16.3. The van der Waals surface area contributed by atoms with Gasteiger partial charge in [-0.25, -0.2) is 0 Å². The van der Waals surface area contributed by atoms with Crippen molar-refractivity contribution < 1.29 is 10.2 Å². The smallest absolute Gasteiger partial charge is 0.117 e. The van der Waals surface area contributed by atoms with E-state index in [1.807, 2.05) is 30.3 Å². The highest BCUT2D eigenvalue weighted by Crippen LogP contribution is 2.41. The third kappa shape index (κ3) is 4.89. The summed E-state index contributed by atoms with van der Waals surface area (Å²) in [6.07, 6.45) is 0. The van der Waals surface area contributed by atoms with E-state index in [0.29, 0.717) is 0 Å². The molecule has 0 heterocycles.